The summed E-state index contributed by atoms with van der Waals surface area (Å²) in [7, 11) is 0. The van der Waals surface area contributed by atoms with E-state index in [0.29, 0.717) is 0 Å². The quantitative estimate of drug-likeness (QED) is 0.766. The molecule has 0 bridgehead atoms. The fourth-order valence-corrected chi connectivity index (χ4v) is 1.69. The number of hydrogen-bond donors (Lipinski definition) is 0. The zero-order valence-corrected chi connectivity index (χ0v) is 12.3. The first-order valence-electron chi connectivity index (χ1n) is 6.17. The lowest BCUT2D eigenvalue weighted by Gasteiger charge is -2.25. The summed E-state index contributed by atoms with van der Waals surface area (Å²) in [5.41, 5.74) is -1.21. The minimum absolute atomic E-state index is 0.144. The second kappa shape index (κ2) is 6.17. The molecule has 2 heterocycles. The largest absolute Gasteiger partial charge is 0.444 e. The van der Waals surface area contributed by atoms with Crippen LogP contribution in [-0.4, -0.2) is 32.2 Å². The van der Waals surface area contributed by atoms with Gasteiger partial charge in [-0.25, -0.2) is 14.6 Å². The molecule has 0 saturated heterocycles. The predicted octanol–water partition coefficient (Wildman–Crippen LogP) is 2.47. The van der Waals surface area contributed by atoms with Crippen molar-refractivity contribution in [2.45, 2.75) is 20.1 Å². The molecule has 0 amide bonds. The molecule has 1 unspecified atom stereocenters. The number of ketones is 1. The second-order valence-corrected chi connectivity index (χ2v) is 5.41. The molecule has 8 heteroatoms. The molecule has 0 spiro atoms. The smallest absolute Gasteiger partial charge is 0.254 e. The molecule has 1 atom stereocenters. The maximum absolute atomic E-state index is 13.1. The van der Waals surface area contributed by atoms with Crippen molar-refractivity contribution in [3.8, 4) is 5.88 Å². The molecular formula is C13H14ClFN4O2. The highest BCUT2D eigenvalue weighted by Crippen LogP contribution is 2.26. The van der Waals surface area contributed by atoms with Crippen LogP contribution >= 0.6 is 11.6 Å². The van der Waals surface area contributed by atoms with Gasteiger partial charge in [0.25, 0.3) is 6.23 Å². The van der Waals surface area contributed by atoms with Crippen LogP contribution in [0.2, 0.25) is 5.15 Å². The number of aromatic nitrogens is 4. The summed E-state index contributed by atoms with van der Waals surface area (Å²) in [6.45, 7) is 2.17. The third kappa shape index (κ3) is 3.55. The molecule has 0 aliphatic carbocycles. The molecule has 112 valence electrons. The number of rotatable bonds is 6. The van der Waals surface area contributed by atoms with E-state index in [4.69, 9.17) is 16.3 Å². The fraction of sp³-hybridized carbons (Fsp3) is 0.385. The standard InChI is InChI=1S/C13H14ClFN4O2/c1-13(2,6-15)11(20)12(19-8-16-7-17-19)21-10-5-3-4-9(14)18-10/h3-5,7-8,12H,6H2,1-2H3. The molecular weight excluding hydrogens is 299 g/mol. The topological polar surface area (TPSA) is 69.9 Å². The van der Waals surface area contributed by atoms with E-state index in [9.17, 15) is 9.18 Å². The Labute approximate surface area is 125 Å². The van der Waals surface area contributed by atoms with Crippen molar-refractivity contribution in [2.24, 2.45) is 5.41 Å². The van der Waals surface area contributed by atoms with Gasteiger partial charge in [-0.3, -0.25) is 9.18 Å². The fourth-order valence-electron chi connectivity index (χ4n) is 1.54. The van der Waals surface area contributed by atoms with Crippen molar-refractivity contribution in [2.75, 3.05) is 6.67 Å². The molecule has 2 rings (SSSR count). The Kier molecular flexibility index (Phi) is 4.52. The second-order valence-electron chi connectivity index (χ2n) is 5.03. The first-order chi connectivity index (χ1) is 9.94. The summed E-state index contributed by atoms with van der Waals surface area (Å²) in [5, 5.41) is 4.10. The molecule has 0 fully saturated rings. The van der Waals surface area contributed by atoms with Gasteiger partial charge in [0.1, 0.15) is 24.5 Å². The first kappa shape index (κ1) is 15.4. The van der Waals surface area contributed by atoms with Crippen LogP contribution in [0.25, 0.3) is 0 Å². The number of carbonyl (C=O) groups excluding carboxylic acids is 1. The van der Waals surface area contributed by atoms with Crippen molar-refractivity contribution in [1.29, 1.82) is 0 Å². The van der Waals surface area contributed by atoms with Crippen LogP contribution in [0.3, 0.4) is 0 Å². The first-order valence-corrected chi connectivity index (χ1v) is 6.55. The van der Waals surface area contributed by atoms with Crippen LogP contribution in [0.4, 0.5) is 4.39 Å². The summed E-state index contributed by atoms with van der Waals surface area (Å²) in [4.78, 5) is 20.2. The molecule has 0 saturated carbocycles. The predicted molar refractivity (Wildman–Crippen MR) is 73.7 cm³/mol. The lowest BCUT2D eigenvalue weighted by Crippen LogP contribution is -2.37. The number of carbonyl (C=O) groups is 1. The molecule has 0 aromatic carbocycles. The summed E-state index contributed by atoms with van der Waals surface area (Å²) in [6, 6.07) is 4.76. The summed E-state index contributed by atoms with van der Waals surface area (Å²) >= 11 is 5.78. The Morgan fingerprint density at radius 1 is 1.52 bits per heavy atom. The number of pyridine rings is 1. The molecule has 2 aromatic heterocycles. The van der Waals surface area contributed by atoms with Crippen LogP contribution in [0, 0.1) is 5.41 Å². The highest BCUT2D eigenvalue weighted by Gasteiger charge is 2.37. The van der Waals surface area contributed by atoms with Crippen LogP contribution in [0.5, 0.6) is 5.88 Å². The minimum Gasteiger partial charge on any atom is -0.444 e. The number of nitrogens with zero attached hydrogens (tertiary/aromatic N) is 4. The van der Waals surface area contributed by atoms with Crippen LogP contribution < -0.4 is 4.74 Å². The van der Waals surface area contributed by atoms with E-state index in [1.54, 1.807) is 18.2 Å². The normalized spacial score (nSPS) is 13.0. The number of Topliss-reactive ketones (excluding diaryl/α,β-unsaturated/α-hetero) is 1. The summed E-state index contributed by atoms with van der Waals surface area (Å²) in [5.74, 6) is -0.330. The molecule has 0 aliphatic heterocycles. The van der Waals surface area contributed by atoms with E-state index in [0.717, 1.165) is 0 Å². The Balaban J connectivity index is 2.32. The van der Waals surface area contributed by atoms with E-state index in [2.05, 4.69) is 15.1 Å². The van der Waals surface area contributed by atoms with Gasteiger partial charge in [-0.15, -0.1) is 0 Å². The lowest BCUT2D eigenvalue weighted by atomic mass is 9.89. The Morgan fingerprint density at radius 3 is 2.86 bits per heavy atom. The molecule has 21 heavy (non-hydrogen) atoms. The lowest BCUT2D eigenvalue weighted by molar-refractivity contribution is -0.140. The molecule has 0 aliphatic rings. The monoisotopic (exact) mass is 312 g/mol. The van der Waals surface area contributed by atoms with Gasteiger partial charge in [0.15, 0.2) is 0 Å². The maximum Gasteiger partial charge on any atom is 0.254 e. The van der Waals surface area contributed by atoms with Gasteiger partial charge in [-0.05, 0) is 6.07 Å². The van der Waals surface area contributed by atoms with E-state index < -0.39 is 24.1 Å². The summed E-state index contributed by atoms with van der Waals surface area (Å²) in [6.07, 6.45) is 1.42. The number of hydrogen-bond acceptors (Lipinski definition) is 5. The Hall–Kier alpha value is -2.02. The van der Waals surface area contributed by atoms with Gasteiger partial charge in [-0.2, -0.15) is 5.10 Å². The van der Waals surface area contributed by atoms with Crippen molar-refractivity contribution in [3.05, 3.63) is 36.0 Å². The van der Waals surface area contributed by atoms with Crippen LogP contribution in [0.1, 0.15) is 20.1 Å². The van der Waals surface area contributed by atoms with Gasteiger partial charge in [0.2, 0.25) is 11.7 Å². The summed E-state index contributed by atoms with van der Waals surface area (Å²) < 4.78 is 19.8. The zero-order valence-electron chi connectivity index (χ0n) is 11.5. The number of halogens is 2. The third-order valence-electron chi connectivity index (χ3n) is 2.82. The average Bonchev–Trinajstić information content (AvgIpc) is 2.98. The molecule has 6 nitrogen and oxygen atoms in total. The molecule has 0 N–H and O–H groups in total. The van der Waals surface area contributed by atoms with Gasteiger partial charge in [0.05, 0.1) is 5.41 Å². The van der Waals surface area contributed by atoms with E-state index in [1.807, 2.05) is 0 Å². The number of ether oxygens (including phenoxy) is 1. The van der Waals surface area contributed by atoms with Gasteiger partial charge in [-0.1, -0.05) is 31.5 Å². The van der Waals surface area contributed by atoms with Crippen molar-refractivity contribution < 1.29 is 13.9 Å². The molecule has 0 radical (unpaired) electrons. The minimum atomic E-state index is -1.21. The highest BCUT2D eigenvalue weighted by atomic mass is 35.5. The van der Waals surface area contributed by atoms with Gasteiger partial charge >= 0.3 is 0 Å². The highest BCUT2D eigenvalue weighted by molar-refractivity contribution is 6.29. The van der Waals surface area contributed by atoms with Crippen molar-refractivity contribution >= 4 is 17.4 Å². The van der Waals surface area contributed by atoms with Crippen molar-refractivity contribution in [1.82, 2.24) is 19.7 Å². The SMILES string of the molecule is CC(C)(CF)C(=O)C(Oc1cccc(Cl)n1)n1cncn1. The van der Waals surface area contributed by atoms with Gasteiger partial charge < -0.3 is 4.74 Å². The van der Waals surface area contributed by atoms with E-state index >= 15 is 0 Å². The maximum atomic E-state index is 13.1. The average molecular weight is 313 g/mol. The van der Waals surface area contributed by atoms with Gasteiger partial charge in [0, 0.05) is 6.07 Å². The van der Waals surface area contributed by atoms with Crippen LogP contribution in [0.15, 0.2) is 30.9 Å². The molecule has 2 aromatic rings. The van der Waals surface area contributed by atoms with Crippen LogP contribution in [-0.2, 0) is 4.79 Å². The zero-order chi connectivity index (χ0) is 15.5. The third-order valence-corrected chi connectivity index (χ3v) is 3.03. The number of alkyl halides is 1. The van der Waals surface area contributed by atoms with Crippen molar-refractivity contribution in [3.63, 3.8) is 0 Å². The van der Waals surface area contributed by atoms with E-state index in [-0.39, 0.29) is 11.0 Å². The Morgan fingerprint density at radius 2 is 2.29 bits per heavy atom. The van der Waals surface area contributed by atoms with E-state index in [1.165, 1.54) is 31.2 Å². The Bertz CT molecular complexity index is 618.